The molecule has 0 saturated carbocycles. The first-order chi connectivity index (χ1) is 9.74. The summed E-state index contributed by atoms with van der Waals surface area (Å²) in [6, 6.07) is 7.90. The maximum absolute atomic E-state index is 6.02. The van der Waals surface area contributed by atoms with Crippen LogP contribution in [0.15, 0.2) is 28.7 Å². The second kappa shape index (κ2) is 5.83. The normalized spacial score (nSPS) is 16.1. The SMILES string of the molecule is Nc1nc(N2CCCCCC2)nn1-c1cccc(Br)c1. The van der Waals surface area contributed by atoms with Gasteiger partial charge < -0.3 is 10.6 Å². The molecule has 2 heterocycles. The van der Waals surface area contributed by atoms with Crippen LogP contribution in [0, 0.1) is 0 Å². The van der Waals surface area contributed by atoms with Gasteiger partial charge in [-0.25, -0.2) is 0 Å². The van der Waals surface area contributed by atoms with Crippen LogP contribution in [0.2, 0.25) is 0 Å². The van der Waals surface area contributed by atoms with Crippen LogP contribution in [0.5, 0.6) is 0 Å². The Kier molecular flexibility index (Phi) is 3.91. The van der Waals surface area contributed by atoms with Gasteiger partial charge in [0.05, 0.1) is 5.69 Å². The van der Waals surface area contributed by atoms with Crippen LogP contribution in [0.25, 0.3) is 5.69 Å². The molecule has 1 aromatic carbocycles. The minimum atomic E-state index is 0.433. The number of aromatic nitrogens is 3. The quantitative estimate of drug-likeness (QED) is 0.916. The van der Waals surface area contributed by atoms with Crippen molar-refractivity contribution in [2.75, 3.05) is 23.7 Å². The lowest BCUT2D eigenvalue weighted by molar-refractivity contribution is 0.726. The van der Waals surface area contributed by atoms with Crippen molar-refractivity contribution >= 4 is 27.8 Å². The third-order valence-electron chi connectivity index (χ3n) is 3.56. The van der Waals surface area contributed by atoms with Crippen molar-refractivity contribution in [3.8, 4) is 5.69 Å². The summed E-state index contributed by atoms with van der Waals surface area (Å²) < 4.78 is 2.70. The Bertz CT molecular complexity index is 587. The van der Waals surface area contributed by atoms with E-state index in [1.165, 1.54) is 25.7 Å². The maximum Gasteiger partial charge on any atom is 0.246 e. The van der Waals surface area contributed by atoms with Crippen molar-refractivity contribution in [3.63, 3.8) is 0 Å². The number of rotatable bonds is 2. The van der Waals surface area contributed by atoms with E-state index in [1.807, 2.05) is 24.3 Å². The summed E-state index contributed by atoms with van der Waals surface area (Å²) in [6.07, 6.45) is 4.98. The van der Waals surface area contributed by atoms with Gasteiger partial charge in [0.15, 0.2) is 0 Å². The number of nitrogens with two attached hydrogens (primary N) is 1. The number of benzene rings is 1. The van der Waals surface area contributed by atoms with Gasteiger partial charge in [0, 0.05) is 17.6 Å². The molecule has 106 valence electrons. The first-order valence-electron chi connectivity index (χ1n) is 6.97. The molecule has 1 aliphatic heterocycles. The van der Waals surface area contributed by atoms with Crippen molar-refractivity contribution in [2.45, 2.75) is 25.7 Å². The van der Waals surface area contributed by atoms with Crippen LogP contribution in [-0.4, -0.2) is 27.9 Å². The highest BCUT2D eigenvalue weighted by Crippen LogP contribution is 2.21. The van der Waals surface area contributed by atoms with Gasteiger partial charge in [0.2, 0.25) is 11.9 Å². The zero-order valence-electron chi connectivity index (χ0n) is 11.3. The van der Waals surface area contributed by atoms with Crippen LogP contribution in [0.4, 0.5) is 11.9 Å². The fourth-order valence-electron chi connectivity index (χ4n) is 2.52. The van der Waals surface area contributed by atoms with Gasteiger partial charge in [0.25, 0.3) is 0 Å². The monoisotopic (exact) mass is 335 g/mol. The van der Waals surface area contributed by atoms with E-state index in [-0.39, 0.29) is 0 Å². The molecule has 20 heavy (non-hydrogen) atoms. The van der Waals surface area contributed by atoms with Crippen molar-refractivity contribution < 1.29 is 0 Å². The van der Waals surface area contributed by atoms with E-state index in [4.69, 9.17) is 5.73 Å². The van der Waals surface area contributed by atoms with E-state index in [0.29, 0.717) is 5.95 Å². The van der Waals surface area contributed by atoms with Gasteiger partial charge in [-0.2, -0.15) is 9.67 Å². The predicted octanol–water partition coefficient (Wildman–Crippen LogP) is 2.99. The summed E-state index contributed by atoms with van der Waals surface area (Å²) in [5.41, 5.74) is 6.94. The van der Waals surface area contributed by atoms with Crippen LogP contribution in [0.3, 0.4) is 0 Å². The van der Waals surface area contributed by atoms with Crippen molar-refractivity contribution in [1.82, 2.24) is 14.8 Å². The third-order valence-corrected chi connectivity index (χ3v) is 4.06. The number of halogens is 1. The zero-order valence-corrected chi connectivity index (χ0v) is 12.9. The van der Waals surface area contributed by atoms with Crippen LogP contribution < -0.4 is 10.6 Å². The molecule has 3 rings (SSSR count). The van der Waals surface area contributed by atoms with E-state index < -0.39 is 0 Å². The molecule has 1 aromatic heterocycles. The smallest absolute Gasteiger partial charge is 0.246 e. The van der Waals surface area contributed by atoms with Gasteiger partial charge in [0.1, 0.15) is 0 Å². The predicted molar refractivity (Wildman–Crippen MR) is 84.2 cm³/mol. The summed E-state index contributed by atoms with van der Waals surface area (Å²) in [6.45, 7) is 2.03. The van der Waals surface area contributed by atoms with E-state index in [9.17, 15) is 0 Å². The third kappa shape index (κ3) is 2.80. The van der Waals surface area contributed by atoms with E-state index in [0.717, 1.165) is 29.2 Å². The fraction of sp³-hybridized carbons (Fsp3) is 0.429. The molecule has 0 atom stereocenters. The topological polar surface area (TPSA) is 60.0 Å². The molecule has 0 unspecified atom stereocenters. The Labute approximate surface area is 126 Å². The lowest BCUT2D eigenvalue weighted by Crippen LogP contribution is -2.25. The number of anilines is 2. The van der Waals surface area contributed by atoms with Gasteiger partial charge in [-0.05, 0) is 31.0 Å². The summed E-state index contributed by atoms with van der Waals surface area (Å²) in [7, 11) is 0. The summed E-state index contributed by atoms with van der Waals surface area (Å²) in [5, 5.41) is 4.57. The lowest BCUT2D eigenvalue weighted by atomic mass is 10.2. The van der Waals surface area contributed by atoms with Crippen molar-refractivity contribution in [3.05, 3.63) is 28.7 Å². The molecule has 1 aliphatic rings. The molecule has 0 amide bonds. The number of nitrogens with zero attached hydrogens (tertiary/aromatic N) is 4. The Balaban J connectivity index is 1.90. The highest BCUT2D eigenvalue weighted by molar-refractivity contribution is 9.10. The standard InChI is InChI=1S/C14H18BrN5/c15-11-6-5-7-12(10-11)20-13(16)17-14(18-20)19-8-3-1-2-4-9-19/h5-7,10H,1-4,8-9H2,(H2,16,17,18). The first-order valence-corrected chi connectivity index (χ1v) is 7.77. The highest BCUT2D eigenvalue weighted by atomic mass is 79.9. The van der Waals surface area contributed by atoms with Gasteiger partial charge in [-0.15, -0.1) is 5.10 Å². The van der Waals surface area contributed by atoms with Crippen molar-refractivity contribution in [2.24, 2.45) is 0 Å². The fourth-order valence-corrected chi connectivity index (χ4v) is 2.90. The van der Waals surface area contributed by atoms with Crippen LogP contribution in [0.1, 0.15) is 25.7 Å². The maximum atomic E-state index is 6.02. The average molecular weight is 336 g/mol. The largest absolute Gasteiger partial charge is 0.368 e. The van der Waals surface area contributed by atoms with E-state index >= 15 is 0 Å². The van der Waals surface area contributed by atoms with Gasteiger partial charge >= 0.3 is 0 Å². The molecule has 2 N–H and O–H groups in total. The van der Waals surface area contributed by atoms with Gasteiger partial charge in [-0.1, -0.05) is 34.8 Å². The van der Waals surface area contributed by atoms with E-state index in [2.05, 4.69) is 30.9 Å². The minimum Gasteiger partial charge on any atom is -0.368 e. The molecule has 5 nitrogen and oxygen atoms in total. The molecule has 1 fully saturated rings. The Morgan fingerprint density at radius 3 is 2.55 bits per heavy atom. The molecular formula is C14H18BrN5. The average Bonchev–Trinajstić information content (AvgIpc) is 2.65. The molecule has 6 heteroatoms. The molecule has 2 aromatic rings. The first kappa shape index (κ1) is 13.4. The second-order valence-electron chi connectivity index (χ2n) is 5.06. The molecule has 0 spiro atoms. The molecule has 1 saturated heterocycles. The van der Waals surface area contributed by atoms with Crippen LogP contribution in [-0.2, 0) is 0 Å². The van der Waals surface area contributed by atoms with Crippen molar-refractivity contribution in [1.29, 1.82) is 0 Å². The Morgan fingerprint density at radius 2 is 1.85 bits per heavy atom. The Hall–Kier alpha value is -1.56. The number of nitrogen functional groups attached to an aromatic ring is 1. The molecule has 0 aliphatic carbocycles. The zero-order chi connectivity index (χ0) is 13.9. The summed E-state index contributed by atoms with van der Waals surface area (Å²) >= 11 is 3.46. The summed E-state index contributed by atoms with van der Waals surface area (Å²) in [5.74, 6) is 1.17. The second-order valence-corrected chi connectivity index (χ2v) is 5.98. The minimum absolute atomic E-state index is 0.433. The van der Waals surface area contributed by atoms with E-state index in [1.54, 1.807) is 4.68 Å². The highest BCUT2D eigenvalue weighted by Gasteiger charge is 2.16. The van der Waals surface area contributed by atoms with Crippen LogP contribution >= 0.6 is 15.9 Å². The molecule has 0 bridgehead atoms. The lowest BCUT2D eigenvalue weighted by Gasteiger charge is -2.17. The Morgan fingerprint density at radius 1 is 1.10 bits per heavy atom. The van der Waals surface area contributed by atoms with Gasteiger partial charge in [-0.3, -0.25) is 0 Å². The summed E-state index contributed by atoms with van der Waals surface area (Å²) in [4.78, 5) is 6.66. The number of hydrogen-bond acceptors (Lipinski definition) is 4. The molecule has 0 radical (unpaired) electrons. The number of hydrogen-bond donors (Lipinski definition) is 1. The molecular weight excluding hydrogens is 318 g/mol.